The minimum atomic E-state index is -4.17. The van der Waals surface area contributed by atoms with Crippen LogP contribution in [0.5, 0.6) is 11.5 Å². The van der Waals surface area contributed by atoms with Crippen molar-refractivity contribution in [3.63, 3.8) is 0 Å². The standard InChI is InChI=1S/C24H20F2N2O4S/c1-24(9-6-16(8-11-29)12-23(24)26)33(30,31)28-10-7-17-13-20(3-5-22(17)28)32-19-2-4-21(25)18(14-19)15-27/h2-7,10,12-14,29H,8-9,11H2,1H3. The molecule has 0 amide bonds. The molecule has 0 spiro atoms. The zero-order chi connectivity index (χ0) is 23.8. The summed E-state index contributed by atoms with van der Waals surface area (Å²) in [5, 5.41) is 18.6. The molecular weight excluding hydrogens is 450 g/mol. The first-order valence-electron chi connectivity index (χ1n) is 10.1. The Morgan fingerprint density at radius 2 is 1.91 bits per heavy atom. The second-order valence-electron chi connectivity index (χ2n) is 7.87. The summed E-state index contributed by atoms with van der Waals surface area (Å²) in [5.74, 6) is -0.815. The molecule has 0 bridgehead atoms. The van der Waals surface area contributed by atoms with Crippen LogP contribution in [0.3, 0.4) is 0 Å². The normalized spacial score (nSPS) is 18.5. The van der Waals surface area contributed by atoms with Crippen molar-refractivity contribution in [3.05, 3.63) is 83.6 Å². The monoisotopic (exact) mass is 470 g/mol. The van der Waals surface area contributed by atoms with Crippen molar-refractivity contribution < 1.29 is 27.0 Å². The molecule has 1 N–H and O–H groups in total. The molecule has 0 aliphatic heterocycles. The number of halogens is 2. The van der Waals surface area contributed by atoms with Crippen LogP contribution in [-0.4, -0.2) is 28.9 Å². The van der Waals surface area contributed by atoms with Gasteiger partial charge in [-0.25, -0.2) is 21.2 Å². The maximum atomic E-state index is 15.0. The lowest BCUT2D eigenvalue weighted by Crippen LogP contribution is -2.40. The Morgan fingerprint density at radius 3 is 2.61 bits per heavy atom. The molecule has 0 fully saturated rings. The van der Waals surface area contributed by atoms with Crippen LogP contribution in [0.4, 0.5) is 8.78 Å². The number of allylic oxidation sites excluding steroid dienone is 2. The molecule has 1 aliphatic rings. The summed E-state index contributed by atoms with van der Waals surface area (Å²) in [5.41, 5.74) is 0.748. The Kier molecular flexibility index (Phi) is 5.82. The van der Waals surface area contributed by atoms with Crippen molar-refractivity contribution in [3.8, 4) is 17.6 Å². The van der Waals surface area contributed by atoms with Gasteiger partial charge in [-0.05, 0) is 67.8 Å². The van der Waals surface area contributed by atoms with Crippen molar-refractivity contribution in [2.24, 2.45) is 0 Å². The molecule has 170 valence electrons. The molecule has 1 heterocycles. The average molecular weight is 470 g/mol. The van der Waals surface area contributed by atoms with Crippen LogP contribution in [0.1, 0.15) is 25.3 Å². The lowest BCUT2D eigenvalue weighted by Gasteiger charge is -2.30. The van der Waals surface area contributed by atoms with Crippen LogP contribution in [0.25, 0.3) is 10.9 Å². The van der Waals surface area contributed by atoms with Gasteiger partial charge >= 0.3 is 0 Å². The van der Waals surface area contributed by atoms with Gasteiger partial charge in [-0.15, -0.1) is 0 Å². The first-order chi connectivity index (χ1) is 15.7. The van der Waals surface area contributed by atoms with Gasteiger partial charge in [0.2, 0.25) is 0 Å². The Labute approximate surface area is 189 Å². The number of rotatable bonds is 6. The van der Waals surface area contributed by atoms with Crippen LogP contribution in [-0.2, 0) is 10.0 Å². The van der Waals surface area contributed by atoms with E-state index in [0.717, 1.165) is 10.0 Å². The number of aliphatic hydroxyl groups is 1. The highest BCUT2D eigenvalue weighted by Gasteiger charge is 2.45. The minimum Gasteiger partial charge on any atom is -0.457 e. The summed E-state index contributed by atoms with van der Waals surface area (Å²) in [6, 6.07) is 11.8. The zero-order valence-electron chi connectivity index (χ0n) is 17.6. The predicted octanol–water partition coefficient (Wildman–Crippen LogP) is 4.95. The van der Waals surface area contributed by atoms with Crippen LogP contribution in [0.2, 0.25) is 0 Å². The van der Waals surface area contributed by atoms with E-state index >= 15 is 0 Å². The summed E-state index contributed by atoms with van der Waals surface area (Å²) >= 11 is 0. The smallest absolute Gasteiger partial charge is 0.251 e. The molecule has 1 aromatic heterocycles. The maximum Gasteiger partial charge on any atom is 0.251 e. The SMILES string of the molecule is CC1(S(=O)(=O)n2ccc3cc(Oc4ccc(F)c(C#N)c4)ccc32)CC=C(CCO)C=C1F. The number of benzene rings is 2. The fourth-order valence-electron chi connectivity index (χ4n) is 3.70. The maximum absolute atomic E-state index is 15.0. The van der Waals surface area contributed by atoms with Gasteiger partial charge in [-0.1, -0.05) is 6.08 Å². The number of aromatic nitrogens is 1. The van der Waals surface area contributed by atoms with Crippen LogP contribution in [0.15, 0.2) is 72.2 Å². The Bertz CT molecular complexity index is 1450. The summed E-state index contributed by atoms with van der Waals surface area (Å²) in [6.07, 6.45) is 4.36. The fraction of sp³-hybridized carbons (Fsp3) is 0.208. The molecular formula is C24H20F2N2O4S. The lowest BCUT2D eigenvalue weighted by molar-refractivity contribution is 0.299. The average Bonchev–Trinajstić information content (AvgIpc) is 3.22. The summed E-state index contributed by atoms with van der Waals surface area (Å²) in [4.78, 5) is 0. The number of fused-ring (bicyclic) bond motifs is 1. The topological polar surface area (TPSA) is 92.3 Å². The first kappa shape index (κ1) is 22.7. The molecule has 1 aliphatic carbocycles. The number of nitriles is 1. The van der Waals surface area contributed by atoms with Crippen LogP contribution in [0, 0.1) is 17.1 Å². The Morgan fingerprint density at radius 1 is 1.18 bits per heavy atom. The molecule has 9 heteroatoms. The third kappa shape index (κ3) is 3.92. The third-order valence-corrected chi connectivity index (χ3v) is 8.06. The van der Waals surface area contributed by atoms with E-state index < -0.39 is 26.4 Å². The lowest BCUT2D eigenvalue weighted by atomic mass is 9.95. The molecule has 4 rings (SSSR count). The fourth-order valence-corrected chi connectivity index (χ4v) is 5.38. The Balaban J connectivity index is 1.66. The van der Waals surface area contributed by atoms with Crippen molar-refractivity contribution in [2.45, 2.75) is 24.5 Å². The molecule has 6 nitrogen and oxygen atoms in total. The van der Waals surface area contributed by atoms with Crippen molar-refractivity contribution in [1.29, 1.82) is 5.26 Å². The number of hydrogen-bond donors (Lipinski definition) is 1. The number of nitrogens with zero attached hydrogens (tertiary/aromatic N) is 2. The molecule has 3 aromatic rings. The Hall–Kier alpha value is -3.48. The van der Waals surface area contributed by atoms with E-state index in [1.165, 1.54) is 37.4 Å². The van der Waals surface area contributed by atoms with Gasteiger partial charge in [-0.3, -0.25) is 0 Å². The summed E-state index contributed by atoms with van der Waals surface area (Å²) in [7, 11) is -4.17. The van der Waals surface area contributed by atoms with E-state index in [0.29, 0.717) is 22.2 Å². The van der Waals surface area contributed by atoms with Gasteiger partial charge in [0.25, 0.3) is 10.0 Å². The quantitative estimate of drug-likeness (QED) is 0.551. The molecule has 1 atom stereocenters. The van der Waals surface area contributed by atoms with E-state index in [1.807, 2.05) is 0 Å². The molecule has 1 unspecified atom stereocenters. The van der Waals surface area contributed by atoms with E-state index in [2.05, 4.69) is 0 Å². The van der Waals surface area contributed by atoms with Crippen molar-refractivity contribution in [1.82, 2.24) is 3.97 Å². The van der Waals surface area contributed by atoms with E-state index in [9.17, 15) is 17.2 Å². The van der Waals surface area contributed by atoms with Gasteiger partial charge in [-0.2, -0.15) is 5.26 Å². The van der Waals surface area contributed by atoms with Crippen molar-refractivity contribution >= 4 is 20.9 Å². The summed E-state index contributed by atoms with van der Waals surface area (Å²) in [6.45, 7) is 1.19. The van der Waals surface area contributed by atoms with Gasteiger partial charge < -0.3 is 9.84 Å². The third-order valence-electron chi connectivity index (χ3n) is 5.72. The van der Waals surface area contributed by atoms with Crippen LogP contribution >= 0.6 is 0 Å². The number of ether oxygens (including phenoxy) is 1. The van der Waals surface area contributed by atoms with E-state index in [-0.39, 0.29) is 30.8 Å². The van der Waals surface area contributed by atoms with Gasteiger partial charge in [0.15, 0.2) is 0 Å². The molecule has 0 saturated heterocycles. The minimum absolute atomic E-state index is 0.0559. The van der Waals surface area contributed by atoms with Gasteiger partial charge in [0.1, 0.15) is 34.0 Å². The highest BCUT2D eigenvalue weighted by Crippen LogP contribution is 2.39. The molecule has 0 saturated carbocycles. The van der Waals surface area contributed by atoms with Gasteiger partial charge in [0, 0.05) is 24.3 Å². The highest BCUT2D eigenvalue weighted by atomic mass is 32.2. The first-order valence-corrected chi connectivity index (χ1v) is 11.5. The molecule has 0 radical (unpaired) electrons. The highest BCUT2D eigenvalue weighted by molar-refractivity contribution is 7.91. The van der Waals surface area contributed by atoms with E-state index in [4.69, 9.17) is 15.1 Å². The van der Waals surface area contributed by atoms with Crippen LogP contribution < -0.4 is 4.74 Å². The summed E-state index contributed by atoms with van der Waals surface area (Å²) < 4.78 is 60.3. The zero-order valence-corrected chi connectivity index (χ0v) is 18.4. The second kappa shape index (κ2) is 8.46. The number of hydrogen-bond acceptors (Lipinski definition) is 5. The largest absolute Gasteiger partial charge is 0.457 e. The van der Waals surface area contributed by atoms with Crippen molar-refractivity contribution in [2.75, 3.05) is 6.61 Å². The number of aliphatic hydroxyl groups excluding tert-OH is 1. The predicted molar refractivity (Wildman–Crippen MR) is 119 cm³/mol. The molecule has 33 heavy (non-hydrogen) atoms. The second-order valence-corrected chi connectivity index (χ2v) is 10.1. The van der Waals surface area contributed by atoms with E-state index in [1.54, 1.807) is 30.3 Å². The van der Waals surface area contributed by atoms with Gasteiger partial charge in [0.05, 0.1) is 11.1 Å². The molecule has 2 aromatic carbocycles.